The first-order valence-corrected chi connectivity index (χ1v) is 9.15. The minimum Gasteiger partial charge on any atom is -0.453 e. The second kappa shape index (κ2) is 9.70. The fourth-order valence-electron chi connectivity index (χ4n) is 3.01. The average Bonchev–Trinajstić information content (AvgIpc) is 3.21. The summed E-state index contributed by atoms with van der Waals surface area (Å²) in [6.45, 7) is 1.66. The summed E-state index contributed by atoms with van der Waals surface area (Å²) in [6, 6.07) is 10.4. The highest BCUT2D eigenvalue weighted by Gasteiger charge is 2.23. The number of methoxy groups -OCH3 is 1. The minimum atomic E-state index is -0.569. The molecule has 2 heterocycles. The molecule has 3 amide bonds. The van der Waals surface area contributed by atoms with Crippen LogP contribution >= 0.6 is 0 Å². The maximum absolute atomic E-state index is 12.9. The SMILES string of the molecule is COC(=O)Nc1cccc(NC(=O)N(Cc2cccnc2)CC2CCCO2)c1. The van der Waals surface area contributed by atoms with Gasteiger partial charge in [0.05, 0.1) is 13.2 Å². The Morgan fingerprint density at radius 3 is 2.75 bits per heavy atom. The van der Waals surface area contributed by atoms with E-state index < -0.39 is 6.09 Å². The molecule has 0 aliphatic carbocycles. The van der Waals surface area contributed by atoms with E-state index in [-0.39, 0.29) is 12.1 Å². The Bertz CT molecular complexity index is 794. The highest BCUT2D eigenvalue weighted by molar-refractivity contribution is 5.91. The zero-order chi connectivity index (χ0) is 19.8. The van der Waals surface area contributed by atoms with Gasteiger partial charge in [-0.2, -0.15) is 0 Å². The van der Waals surface area contributed by atoms with Crippen molar-refractivity contribution < 1.29 is 19.1 Å². The van der Waals surface area contributed by atoms with Crippen LogP contribution in [-0.2, 0) is 16.0 Å². The van der Waals surface area contributed by atoms with Crippen molar-refractivity contribution in [1.29, 1.82) is 0 Å². The number of nitrogens with one attached hydrogen (secondary N) is 2. The molecule has 28 heavy (non-hydrogen) atoms. The summed E-state index contributed by atoms with van der Waals surface area (Å²) in [6.07, 6.45) is 4.86. The summed E-state index contributed by atoms with van der Waals surface area (Å²) in [4.78, 5) is 30.1. The number of amides is 3. The molecule has 1 aliphatic heterocycles. The Hall–Kier alpha value is -3.13. The van der Waals surface area contributed by atoms with Crippen molar-refractivity contribution in [3.05, 3.63) is 54.4 Å². The van der Waals surface area contributed by atoms with E-state index >= 15 is 0 Å². The van der Waals surface area contributed by atoms with Gasteiger partial charge in [-0.25, -0.2) is 9.59 Å². The third-order valence-corrected chi connectivity index (χ3v) is 4.38. The maximum Gasteiger partial charge on any atom is 0.411 e. The van der Waals surface area contributed by atoms with E-state index in [1.54, 1.807) is 41.6 Å². The molecule has 0 bridgehead atoms. The lowest BCUT2D eigenvalue weighted by molar-refractivity contribution is 0.0819. The monoisotopic (exact) mass is 384 g/mol. The molecule has 1 fully saturated rings. The van der Waals surface area contributed by atoms with E-state index in [9.17, 15) is 9.59 Å². The first kappa shape index (κ1) is 19.6. The zero-order valence-electron chi connectivity index (χ0n) is 15.8. The summed E-state index contributed by atoms with van der Waals surface area (Å²) in [7, 11) is 1.29. The van der Waals surface area contributed by atoms with Crippen LogP contribution in [0.2, 0.25) is 0 Å². The largest absolute Gasteiger partial charge is 0.453 e. The third-order valence-electron chi connectivity index (χ3n) is 4.38. The van der Waals surface area contributed by atoms with Crippen LogP contribution in [0.15, 0.2) is 48.8 Å². The molecule has 1 unspecified atom stereocenters. The topological polar surface area (TPSA) is 92.8 Å². The molecule has 1 aliphatic rings. The van der Waals surface area contributed by atoms with E-state index in [0.29, 0.717) is 24.5 Å². The number of pyridine rings is 1. The van der Waals surface area contributed by atoms with Gasteiger partial charge in [-0.05, 0) is 42.7 Å². The van der Waals surface area contributed by atoms with Crippen LogP contribution in [0.3, 0.4) is 0 Å². The Morgan fingerprint density at radius 1 is 1.25 bits per heavy atom. The minimum absolute atomic E-state index is 0.0368. The molecule has 2 N–H and O–H groups in total. The second-order valence-electron chi connectivity index (χ2n) is 6.50. The molecule has 1 aromatic carbocycles. The number of rotatable bonds is 6. The molecule has 2 aromatic rings. The van der Waals surface area contributed by atoms with Gasteiger partial charge in [0.1, 0.15) is 0 Å². The van der Waals surface area contributed by atoms with Crippen molar-refractivity contribution in [2.75, 3.05) is 30.9 Å². The van der Waals surface area contributed by atoms with Gasteiger partial charge in [0, 0.05) is 43.5 Å². The normalized spacial score (nSPS) is 15.7. The first-order valence-electron chi connectivity index (χ1n) is 9.15. The molecule has 8 nitrogen and oxygen atoms in total. The Balaban J connectivity index is 1.69. The van der Waals surface area contributed by atoms with Gasteiger partial charge in [-0.15, -0.1) is 0 Å². The highest BCUT2D eigenvalue weighted by atomic mass is 16.5. The smallest absolute Gasteiger partial charge is 0.411 e. The molecule has 0 saturated carbocycles. The molecule has 148 valence electrons. The van der Waals surface area contributed by atoms with Crippen LogP contribution in [0.4, 0.5) is 21.0 Å². The van der Waals surface area contributed by atoms with E-state index in [0.717, 1.165) is 25.0 Å². The number of ether oxygens (including phenoxy) is 2. The summed E-state index contributed by atoms with van der Waals surface area (Å²) in [5.41, 5.74) is 2.04. The quantitative estimate of drug-likeness (QED) is 0.795. The lowest BCUT2D eigenvalue weighted by Crippen LogP contribution is -2.39. The number of benzene rings is 1. The number of anilines is 2. The second-order valence-corrected chi connectivity index (χ2v) is 6.50. The van der Waals surface area contributed by atoms with Gasteiger partial charge in [-0.3, -0.25) is 10.3 Å². The summed E-state index contributed by atoms with van der Waals surface area (Å²) in [5, 5.41) is 5.47. The maximum atomic E-state index is 12.9. The Labute approximate surface area is 163 Å². The van der Waals surface area contributed by atoms with Crippen molar-refractivity contribution in [2.45, 2.75) is 25.5 Å². The molecule has 1 aromatic heterocycles. The van der Waals surface area contributed by atoms with Crippen molar-refractivity contribution in [2.24, 2.45) is 0 Å². The predicted octanol–water partition coefficient (Wildman–Crippen LogP) is 3.47. The predicted molar refractivity (Wildman–Crippen MR) is 105 cm³/mol. The van der Waals surface area contributed by atoms with Crippen LogP contribution < -0.4 is 10.6 Å². The van der Waals surface area contributed by atoms with Crippen LogP contribution in [0.25, 0.3) is 0 Å². The van der Waals surface area contributed by atoms with Crippen molar-refractivity contribution >= 4 is 23.5 Å². The Kier molecular flexibility index (Phi) is 6.80. The van der Waals surface area contributed by atoms with Crippen LogP contribution in [0, 0.1) is 0 Å². The van der Waals surface area contributed by atoms with E-state index in [1.807, 2.05) is 12.1 Å². The lowest BCUT2D eigenvalue weighted by atomic mass is 10.2. The van der Waals surface area contributed by atoms with E-state index in [1.165, 1.54) is 7.11 Å². The van der Waals surface area contributed by atoms with Gasteiger partial charge in [0.2, 0.25) is 0 Å². The average molecular weight is 384 g/mol. The zero-order valence-corrected chi connectivity index (χ0v) is 15.8. The summed E-state index contributed by atoms with van der Waals surface area (Å²) in [5.74, 6) is 0. The molecule has 3 rings (SSSR count). The number of nitrogens with zero attached hydrogens (tertiary/aromatic N) is 2. The Morgan fingerprint density at radius 2 is 2.07 bits per heavy atom. The van der Waals surface area contributed by atoms with Gasteiger partial charge in [0.25, 0.3) is 0 Å². The first-order chi connectivity index (χ1) is 13.6. The van der Waals surface area contributed by atoms with Crippen LogP contribution in [0.5, 0.6) is 0 Å². The third kappa shape index (κ3) is 5.68. The number of aromatic nitrogens is 1. The molecular weight excluding hydrogens is 360 g/mol. The number of urea groups is 1. The molecule has 0 radical (unpaired) electrons. The van der Waals surface area contributed by atoms with Gasteiger partial charge < -0.3 is 19.7 Å². The van der Waals surface area contributed by atoms with Crippen molar-refractivity contribution in [3.63, 3.8) is 0 Å². The van der Waals surface area contributed by atoms with E-state index in [4.69, 9.17) is 4.74 Å². The van der Waals surface area contributed by atoms with Gasteiger partial charge >= 0.3 is 12.1 Å². The number of carbonyl (C=O) groups is 2. The van der Waals surface area contributed by atoms with Crippen molar-refractivity contribution in [3.8, 4) is 0 Å². The number of hydrogen-bond acceptors (Lipinski definition) is 5. The fourth-order valence-corrected chi connectivity index (χ4v) is 3.01. The summed E-state index contributed by atoms with van der Waals surface area (Å²) < 4.78 is 10.3. The summed E-state index contributed by atoms with van der Waals surface area (Å²) >= 11 is 0. The van der Waals surface area contributed by atoms with Gasteiger partial charge in [-0.1, -0.05) is 12.1 Å². The lowest BCUT2D eigenvalue weighted by Gasteiger charge is -2.26. The molecule has 8 heteroatoms. The standard InChI is InChI=1S/C20H24N4O4/c1-27-20(26)23-17-7-2-6-16(11-17)22-19(25)24(14-18-8-4-10-28-18)13-15-5-3-9-21-12-15/h2-3,5-7,9,11-12,18H,4,8,10,13-14H2,1H3,(H,22,25)(H,23,26). The molecule has 1 atom stereocenters. The van der Waals surface area contributed by atoms with Crippen LogP contribution in [0.1, 0.15) is 18.4 Å². The fraction of sp³-hybridized carbons (Fsp3) is 0.350. The number of carbonyl (C=O) groups excluding carboxylic acids is 2. The van der Waals surface area contributed by atoms with Crippen LogP contribution in [-0.4, -0.2) is 48.4 Å². The van der Waals surface area contributed by atoms with Crippen molar-refractivity contribution in [1.82, 2.24) is 9.88 Å². The molecule has 1 saturated heterocycles. The molecular formula is C20H24N4O4. The molecule has 0 spiro atoms. The van der Waals surface area contributed by atoms with E-state index in [2.05, 4.69) is 20.4 Å². The van der Waals surface area contributed by atoms with Gasteiger partial charge in [0.15, 0.2) is 0 Å². The number of hydrogen-bond donors (Lipinski definition) is 2. The highest BCUT2D eigenvalue weighted by Crippen LogP contribution is 2.18.